The van der Waals surface area contributed by atoms with E-state index >= 15 is 0 Å². The molecule has 1 amide bonds. The van der Waals surface area contributed by atoms with Gasteiger partial charge in [0, 0.05) is 36.6 Å². The van der Waals surface area contributed by atoms with Crippen LogP contribution in [-0.2, 0) is 28.1 Å². The third-order valence-corrected chi connectivity index (χ3v) is 4.90. The van der Waals surface area contributed by atoms with Crippen LogP contribution in [-0.4, -0.2) is 24.3 Å². The number of nitrogens with one attached hydrogen (secondary N) is 4. The van der Waals surface area contributed by atoms with Gasteiger partial charge in [-0.2, -0.15) is 17.9 Å². The lowest BCUT2D eigenvalue weighted by Gasteiger charge is -2.10. The Hall–Kier alpha value is -3.01. The van der Waals surface area contributed by atoms with E-state index in [4.69, 9.17) is 0 Å². The number of pyridine rings is 1. The number of nitrogens with zero attached hydrogens (tertiary/aromatic N) is 1. The quantitative estimate of drug-likeness (QED) is 0.443. The molecule has 0 saturated carbocycles. The van der Waals surface area contributed by atoms with Crippen LogP contribution in [0.1, 0.15) is 11.1 Å². The summed E-state index contributed by atoms with van der Waals surface area (Å²) in [6.45, 7) is 3.62. The molecule has 140 valence electrons. The van der Waals surface area contributed by atoms with Gasteiger partial charge >= 0.3 is 0 Å². The van der Waals surface area contributed by atoms with E-state index in [1.165, 1.54) is 6.08 Å². The van der Waals surface area contributed by atoms with Crippen molar-refractivity contribution in [2.75, 3.05) is 5.32 Å². The van der Waals surface area contributed by atoms with E-state index in [0.717, 1.165) is 10.9 Å². The molecule has 0 aliphatic rings. The van der Waals surface area contributed by atoms with E-state index in [1.54, 1.807) is 42.7 Å². The number of H-pyrrole nitrogens is 1. The number of carbonyl (C=O) groups is 1. The minimum atomic E-state index is -3.70. The summed E-state index contributed by atoms with van der Waals surface area (Å²) in [7, 11) is -3.70. The molecular weight excluding hydrogens is 366 g/mol. The summed E-state index contributed by atoms with van der Waals surface area (Å²) in [5, 5.41) is 3.50. The van der Waals surface area contributed by atoms with Crippen molar-refractivity contribution in [2.45, 2.75) is 13.1 Å². The minimum absolute atomic E-state index is 0.0864. The SMILES string of the molecule is C=CC(=O)Nc1cccc(CNS(=O)(=O)NCc2ccnc3[nH]ccc23)c1. The third-order valence-electron chi connectivity index (χ3n) is 3.85. The molecule has 0 radical (unpaired) electrons. The summed E-state index contributed by atoms with van der Waals surface area (Å²) >= 11 is 0. The molecule has 0 bridgehead atoms. The van der Waals surface area contributed by atoms with Crippen molar-refractivity contribution in [1.82, 2.24) is 19.4 Å². The highest BCUT2D eigenvalue weighted by Crippen LogP contribution is 2.15. The van der Waals surface area contributed by atoms with Gasteiger partial charge in [0.2, 0.25) is 5.91 Å². The van der Waals surface area contributed by atoms with Gasteiger partial charge in [-0.25, -0.2) is 4.98 Å². The highest BCUT2D eigenvalue weighted by Gasteiger charge is 2.11. The Morgan fingerprint density at radius 2 is 2.00 bits per heavy atom. The molecule has 1 aromatic carbocycles. The van der Waals surface area contributed by atoms with Gasteiger partial charge in [0.05, 0.1) is 0 Å². The Labute approximate surface area is 156 Å². The highest BCUT2D eigenvalue weighted by molar-refractivity contribution is 7.87. The first-order valence-corrected chi connectivity index (χ1v) is 9.63. The first kappa shape index (κ1) is 18.8. The lowest BCUT2D eigenvalue weighted by molar-refractivity contribution is -0.111. The van der Waals surface area contributed by atoms with Crippen LogP contribution in [0.3, 0.4) is 0 Å². The van der Waals surface area contributed by atoms with Gasteiger partial charge in [-0.05, 0) is 41.5 Å². The fourth-order valence-corrected chi connectivity index (χ4v) is 3.33. The van der Waals surface area contributed by atoms with E-state index in [2.05, 4.69) is 31.3 Å². The Kier molecular flexibility index (Phi) is 5.65. The number of aromatic nitrogens is 2. The summed E-state index contributed by atoms with van der Waals surface area (Å²) in [6.07, 6.45) is 4.55. The second kappa shape index (κ2) is 8.12. The van der Waals surface area contributed by atoms with Crippen molar-refractivity contribution in [3.05, 3.63) is 72.6 Å². The van der Waals surface area contributed by atoms with Gasteiger partial charge in [-0.15, -0.1) is 0 Å². The smallest absolute Gasteiger partial charge is 0.277 e. The number of hydrogen-bond acceptors (Lipinski definition) is 4. The number of fused-ring (bicyclic) bond motifs is 1. The van der Waals surface area contributed by atoms with E-state index in [0.29, 0.717) is 16.9 Å². The Balaban J connectivity index is 1.60. The molecule has 0 aliphatic heterocycles. The molecule has 3 rings (SSSR count). The molecule has 4 N–H and O–H groups in total. The van der Waals surface area contributed by atoms with Gasteiger partial charge in [0.15, 0.2) is 0 Å². The molecule has 8 nitrogen and oxygen atoms in total. The first-order chi connectivity index (χ1) is 13.0. The van der Waals surface area contributed by atoms with Crippen LogP contribution >= 0.6 is 0 Å². The summed E-state index contributed by atoms with van der Waals surface area (Å²) in [5.74, 6) is -0.331. The summed E-state index contributed by atoms with van der Waals surface area (Å²) in [4.78, 5) is 18.5. The predicted octanol–water partition coefficient (Wildman–Crippen LogP) is 1.81. The van der Waals surface area contributed by atoms with Crippen molar-refractivity contribution in [2.24, 2.45) is 0 Å². The molecule has 0 fully saturated rings. The standard InChI is InChI=1S/C18H19N5O3S/c1-2-17(24)23-15-5-3-4-13(10-15)11-21-27(25,26)22-12-14-6-8-19-18-16(14)7-9-20-18/h2-10,21-22H,1,11-12H2,(H,19,20)(H,23,24). The zero-order chi connectivity index (χ0) is 19.3. The van der Waals surface area contributed by atoms with Crippen molar-refractivity contribution in [3.63, 3.8) is 0 Å². The van der Waals surface area contributed by atoms with Crippen LogP contribution in [0.2, 0.25) is 0 Å². The monoisotopic (exact) mass is 385 g/mol. The molecule has 27 heavy (non-hydrogen) atoms. The third kappa shape index (κ3) is 5.00. The molecule has 0 unspecified atom stereocenters. The average Bonchev–Trinajstić information content (AvgIpc) is 3.14. The fourth-order valence-electron chi connectivity index (χ4n) is 2.53. The summed E-state index contributed by atoms with van der Waals surface area (Å²) < 4.78 is 29.5. The molecule has 0 aliphatic carbocycles. The zero-order valence-corrected chi connectivity index (χ0v) is 15.2. The van der Waals surface area contributed by atoms with Gasteiger partial charge in [-0.3, -0.25) is 4.79 Å². The molecule has 0 spiro atoms. The first-order valence-electron chi connectivity index (χ1n) is 8.14. The maximum atomic E-state index is 12.2. The second-order valence-corrected chi connectivity index (χ2v) is 7.33. The molecule has 0 atom stereocenters. The van der Waals surface area contributed by atoms with Crippen molar-refractivity contribution in [3.8, 4) is 0 Å². The normalized spacial score (nSPS) is 11.4. The van der Waals surface area contributed by atoms with Crippen molar-refractivity contribution >= 4 is 32.8 Å². The van der Waals surface area contributed by atoms with E-state index in [1.807, 2.05) is 6.07 Å². The largest absolute Gasteiger partial charge is 0.346 e. The number of anilines is 1. The van der Waals surface area contributed by atoms with Crippen LogP contribution in [0.25, 0.3) is 11.0 Å². The van der Waals surface area contributed by atoms with Crippen molar-refractivity contribution < 1.29 is 13.2 Å². The Morgan fingerprint density at radius 3 is 2.81 bits per heavy atom. The maximum absolute atomic E-state index is 12.2. The van der Waals surface area contributed by atoms with E-state index < -0.39 is 10.2 Å². The van der Waals surface area contributed by atoms with Crippen LogP contribution in [0.5, 0.6) is 0 Å². The topological polar surface area (TPSA) is 116 Å². The Bertz CT molecular complexity index is 1080. The number of carbonyl (C=O) groups excluding carboxylic acids is 1. The second-order valence-electron chi connectivity index (χ2n) is 5.75. The molecule has 9 heteroatoms. The zero-order valence-electron chi connectivity index (χ0n) is 14.4. The van der Waals surface area contributed by atoms with E-state index in [-0.39, 0.29) is 19.0 Å². The number of aromatic amines is 1. The lowest BCUT2D eigenvalue weighted by Crippen LogP contribution is -2.35. The number of amides is 1. The summed E-state index contributed by atoms with van der Waals surface area (Å²) in [6, 6.07) is 10.5. The van der Waals surface area contributed by atoms with Gasteiger partial charge < -0.3 is 10.3 Å². The molecule has 3 aromatic rings. The minimum Gasteiger partial charge on any atom is -0.346 e. The van der Waals surface area contributed by atoms with Gasteiger partial charge in [-0.1, -0.05) is 18.7 Å². The predicted molar refractivity (Wildman–Crippen MR) is 104 cm³/mol. The number of rotatable bonds is 8. The Morgan fingerprint density at radius 1 is 1.19 bits per heavy atom. The molecular formula is C18H19N5O3S. The van der Waals surface area contributed by atoms with Gasteiger partial charge in [0.1, 0.15) is 5.65 Å². The number of hydrogen-bond donors (Lipinski definition) is 4. The van der Waals surface area contributed by atoms with Crippen molar-refractivity contribution in [1.29, 1.82) is 0 Å². The highest BCUT2D eigenvalue weighted by atomic mass is 32.2. The van der Waals surface area contributed by atoms with Crippen LogP contribution in [0.4, 0.5) is 5.69 Å². The molecule has 0 saturated heterocycles. The molecule has 2 heterocycles. The van der Waals surface area contributed by atoms with Crippen LogP contribution in [0, 0.1) is 0 Å². The summed E-state index contributed by atoms with van der Waals surface area (Å²) in [5.41, 5.74) is 2.80. The fraction of sp³-hybridized carbons (Fsp3) is 0.111. The lowest BCUT2D eigenvalue weighted by atomic mass is 10.2. The van der Waals surface area contributed by atoms with Crippen LogP contribution in [0.15, 0.2) is 61.4 Å². The number of benzene rings is 1. The van der Waals surface area contributed by atoms with Gasteiger partial charge in [0.25, 0.3) is 10.2 Å². The molecule has 2 aromatic heterocycles. The van der Waals surface area contributed by atoms with Crippen LogP contribution < -0.4 is 14.8 Å². The van der Waals surface area contributed by atoms with E-state index in [9.17, 15) is 13.2 Å². The average molecular weight is 385 g/mol. The maximum Gasteiger partial charge on any atom is 0.277 e.